The number of hydrogen-bond acceptors (Lipinski definition) is 2. The van der Waals surface area contributed by atoms with Crippen molar-refractivity contribution in [1.29, 1.82) is 0 Å². The maximum atomic E-state index is 6.21. The van der Waals surface area contributed by atoms with Gasteiger partial charge in [0, 0.05) is 28.7 Å². The minimum Gasteiger partial charge on any atom is -0.362 e. The van der Waals surface area contributed by atoms with Crippen LogP contribution in [-0.2, 0) is 0 Å². The van der Waals surface area contributed by atoms with E-state index in [2.05, 4.69) is 31.5 Å². The van der Waals surface area contributed by atoms with E-state index < -0.39 is 0 Å². The number of aromatic nitrogens is 1. The summed E-state index contributed by atoms with van der Waals surface area (Å²) < 4.78 is 0.848. The van der Waals surface area contributed by atoms with E-state index in [1.54, 1.807) is 6.20 Å². The standard InChI is InChI=1S/C15H14BrCl2N3S/c1-9(13-11(17)5-2-6-12(13)18)8-20-15(22)21-14-10(16)4-3-7-19-14/h2-7,9H,8H2,1H3,(H2,19,20,21,22). The fraction of sp³-hybridized carbons (Fsp3) is 0.200. The number of thiocarbonyl (C=S) groups is 1. The number of benzene rings is 1. The smallest absolute Gasteiger partial charge is 0.171 e. The third kappa shape index (κ3) is 4.56. The Balaban J connectivity index is 1.95. The predicted molar refractivity (Wildman–Crippen MR) is 101 cm³/mol. The first-order valence-corrected chi connectivity index (χ1v) is 8.54. The molecule has 116 valence electrons. The summed E-state index contributed by atoms with van der Waals surface area (Å²) in [6.07, 6.45) is 1.70. The molecule has 7 heteroatoms. The lowest BCUT2D eigenvalue weighted by Gasteiger charge is -2.17. The molecule has 3 nitrogen and oxygen atoms in total. The van der Waals surface area contributed by atoms with E-state index in [1.807, 2.05) is 37.3 Å². The number of halogens is 3. The summed E-state index contributed by atoms with van der Waals surface area (Å²) in [6.45, 7) is 2.65. The molecule has 1 atom stereocenters. The average Bonchev–Trinajstić information content (AvgIpc) is 2.47. The fourth-order valence-electron chi connectivity index (χ4n) is 1.96. The van der Waals surface area contributed by atoms with Crippen LogP contribution in [0.2, 0.25) is 10.0 Å². The lowest BCUT2D eigenvalue weighted by atomic mass is 10.0. The monoisotopic (exact) mass is 417 g/mol. The van der Waals surface area contributed by atoms with Gasteiger partial charge in [0.15, 0.2) is 5.11 Å². The molecule has 22 heavy (non-hydrogen) atoms. The predicted octanol–water partition coefficient (Wildman–Crippen LogP) is 5.24. The van der Waals surface area contributed by atoms with Gasteiger partial charge in [-0.3, -0.25) is 0 Å². The summed E-state index contributed by atoms with van der Waals surface area (Å²) in [7, 11) is 0. The first kappa shape index (κ1) is 17.5. The first-order valence-electron chi connectivity index (χ1n) is 6.58. The summed E-state index contributed by atoms with van der Waals surface area (Å²) >= 11 is 21.1. The Bertz CT molecular complexity index is 661. The molecule has 0 aliphatic carbocycles. The molecular formula is C15H14BrCl2N3S. The van der Waals surface area contributed by atoms with Crippen molar-refractivity contribution in [2.75, 3.05) is 11.9 Å². The molecule has 0 aliphatic rings. The van der Waals surface area contributed by atoms with E-state index in [0.717, 1.165) is 10.0 Å². The van der Waals surface area contributed by atoms with E-state index in [1.165, 1.54) is 0 Å². The van der Waals surface area contributed by atoms with Gasteiger partial charge < -0.3 is 10.6 Å². The normalized spacial score (nSPS) is 11.8. The average molecular weight is 419 g/mol. The largest absolute Gasteiger partial charge is 0.362 e. The highest BCUT2D eigenvalue weighted by molar-refractivity contribution is 9.10. The van der Waals surface area contributed by atoms with E-state index in [0.29, 0.717) is 27.5 Å². The molecule has 0 spiro atoms. The quantitative estimate of drug-likeness (QED) is 0.665. The molecule has 2 rings (SSSR count). The van der Waals surface area contributed by atoms with Gasteiger partial charge in [-0.2, -0.15) is 0 Å². The Morgan fingerprint density at radius 1 is 1.27 bits per heavy atom. The van der Waals surface area contributed by atoms with Crippen molar-refractivity contribution in [3.8, 4) is 0 Å². The summed E-state index contributed by atoms with van der Waals surface area (Å²) in [5.41, 5.74) is 0.917. The summed E-state index contributed by atoms with van der Waals surface area (Å²) in [5.74, 6) is 0.788. The highest BCUT2D eigenvalue weighted by Crippen LogP contribution is 2.30. The summed E-state index contributed by atoms with van der Waals surface area (Å²) in [5, 5.41) is 8.01. The van der Waals surface area contributed by atoms with Gasteiger partial charge in [-0.25, -0.2) is 4.98 Å². The Labute approximate surface area is 153 Å². The second kappa shape index (κ2) is 8.11. The lowest BCUT2D eigenvalue weighted by Crippen LogP contribution is -2.32. The second-order valence-corrected chi connectivity index (χ2v) is 6.78. The van der Waals surface area contributed by atoms with Crippen LogP contribution in [-0.4, -0.2) is 16.6 Å². The highest BCUT2D eigenvalue weighted by atomic mass is 79.9. The third-order valence-electron chi connectivity index (χ3n) is 3.05. The van der Waals surface area contributed by atoms with Gasteiger partial charge in [-0.1, -0.05) is 36.2 Å². The molecule has 2 N–H and O–H groups in total. The van der Waals surface area contributed by atoms with E-state index in [-0.39, 0.29) is 5.92 Å². The van der Waals surface area contributed by atoms with Crippen molar-refractivity contribution in [1.82, 2.24) is 10.3 Å². The fourth-order valence-corrected chi connectivity index (χ4v) is 3.26. The molecule has 0 bridgehead atoms. The topological polar surface area (TPSA) is 37.0 Å². The number of nitrogens with one attached hydrogen (secondary N) is 2. The van der Waals surface area contributed by atoms with Crippen molar-refractivity contribution < 1.29 is 0 Å². The Morgan fingerprint density at radius 3 is 2.59 bits per heavy atom. The van der Waals surface area contributed by atoms with Crippen molar-refractivity contribution in [3.05, 3.63) is 56.6 Å². The van der Waals surface area contributed by atoms with Crippen LogP contribution in [0.25, 0.3) is 0 Å². The molecule has 0 fully saturated rings. The number of hydrogen-bond donors (Lipinski definition) is 2. The van der Waals surface area contributed by atoms with Gasteiger partial charge in [-0.05, 0) is 58.0 Å². The van der Waals surface area contributed by atoms with Crippen molar-refractivity contribution in [2.24, 2.45) is 0 Å². The SMILES string of the molecule is CC(CNC(=S)Nc1ncccc1Br)c1c(Cl)cccc1Cl. The van der Waals surface area contributed by atoms with Gasteiger partial charge in [0.05, 0.1) is 4.47 Å². The Kier molecular flexibility index (Phi) is 6.44. The Hall–Kier alpha value is -0.880. The third-order valence-corrected chi connectivity index (χ3v) is 4.60. The lowest BCUT2D eigenvalue weighted by molar-refractivity contribution is 0.724. The number of nitrogens with zero attached hydrogens (tertiary/aromatic N) is 1. The van der Waals surface area contributed by atoms with Crippen LogP contribution in [0.15, 0.2) is 41.0 Å². The second-order valence-electron chi connectivity index (χ2n) is 4.71. The molecule has 0 aliphatic heterocycles. The minimum absolute atomic E-state index is 0.119. The maximum Gasteiger partial charge on any atom is 0.171 e. The van der Waals surface area contributed by atoms with Crippen LogP contribution in [0.5, 0.6) is 0 Å². The van der Waals surface area contributed by atoms with Crippen molar-refractivity contribution in [2.45, 2.75) is 12.8 Å². The van der Waals surface area contributed by atoms with Crippen LogP contribution in [0, 0.1) is 0 Å². The molecule has 0 radical (unpaired) electrons. The first-order chi connectivity index (χ1) is 10.5. The molecule has 1 unspecified atom stereocenters. The number of anilines is 1. The molecule has 0 saturated carbocycles. The van der Waals surface area contributed by atoms with Gasteiger partial charge in [0.1, 0.15) is 5.82 Å². The van der Waals surface area contributed by atoms with Crippen LogP contribution in [0.1, 0.15) is 18.4 Å². The zero-order valence-corrected chi connectivity index (χ0v) is 15.7. The van der Waals surface area contributed by atoms with Crippen molar-refractivity contribution >= 4 is 62.3 Å². The molecule has 2 aromatic rings. The van der Waals surface area contributed by atoms with Gasteiger partial charge in [0.2, 0.25) is 0 Å². The molecule has 1 heterocycles. The van der Waals surface area contributed by atoms with Crippen LogP contribution < -0.4 is 10.6 Å². The zero-order valence-electron chi connectivity index (χ0n) is 11.7. The van der Waals surface area contributed by atoms with Crippen LogP contribution in [0.4, 0.5) is 5.82 Å². The van der Waals surface area contributed by atoms with Gasteiger partial charge >= 0.3 is 0 Å². The molecular weight excluding hydrogens is 405 g/mol. The van der Waals surface area contributed by atoms with Gasteiger partial charge in [0.25, 0.3) is 0 Å². The Morgan fingerprint density at radius 2 is 1.95 bits per heavy atom. The molecule has 1 aromatic carbocycles. The summed E-state index contributed by atoms with van der Waals surface area (Å²) in [6, 6.07) is 9.23. The van der Waals surface area contributed by atoms with E-state index >= 15 is 0 Å². The van der Waals surface area contributed by atoms with Crippen LogP contribution >= 0.6 is 51.3 Å². The summed E-state index contributed by atoms with van der Waals surface area (Å²) in [4.78, 5) is 4.20. The van der Waals surface area contributed by atoms with Gasteiger partial charge in [-0.15, -0.1) is 0 Å². The van der Waals surface area contributed by atoms with Crippen LogP contribution in [0.3, 0.4) is 0 Å². The molecule has 0 saturated heterocycles. The molecule has 1 aromatic heterocycles. The molecule has 0 amide bonds. The van der Waals surface area contributed by atoms with E-state index in [4.69, 9.17) is 35.4 Å². The minimum atomic E-state index is 0.119. The highest BCUT2D eigenvalue weighted by Gasteiger charge is 2.14. The van der Waals surface area contributed by atoms with E-state index in [9.17, 15) is 0 Å². The zero-order chi connectivity index (χ0) is 16.1. The van der Waals surface area contributed by atoms with Crippen molar-refractivity contribution in [3.63, 3.8) is 0 Å². The maximum absolute atomic E-state index is 6.21. The number of pyridine rings is 1. The number of rotatable bonds is 4.